The summed E-state index contributed by atoms with van der Waals surface area (Å²) in [5.41, 5.74) is 11.5. The van der Waals surface area contributed by atoms with Gasteiger partial charge in [0.1, 0.15) is 12.2 Å². The van der Waals surface area contributed by atoms with Crippen LogP contribution in [0.15, 0.2) is 89.9 Å². The molecular formula is C31H35N3O2. The number of nitrogens with two attached hydrogens (primary N) is 1. The van der Waals surface area contributed by atoms with E-state index in [0.29, 0.717) is 18.8 Å². The minimum absolute atomic E-state index is 0.0527. The number of likely N-dealkylation sites (N-methyl/N-ethyl adjacent to an activating group) is 1. The predicted octanol–water partition coefficient (Wildman–Crippen LogP) is 4.61. The quantitative estimate of drug-likeness (QED) is 0.468. The first-order valence-electron chi connectivity index (χ1n) is 13.0. The number of fused-ring (bicyclic) bond motifs is 1. The second kappa shape index (κ2) is 10.8. The number of carbonyl (C=O) groups excluding carboxylic acids is 1. The number of aryl methyl sites for hydroxylation is 1. The van der Waals surface area contributed by atoms with E-state index in [9.17, 15) is 9.90 Å². The highest BCUT2D eigenvalue weighted by Gasteiger charge is 2.41. The number of nitrogens with zero attached hydrogens (tertiary/aromatic N) is 2. The molecule has 1 saturated carbocycles. The lowest BCUT2D eigenvalue weighted by molar-refractivity contribution is -0.128. The molecule has 2 aliphatic rings. The maximum atomic E-state index is 14.2. The van der Waals surface area contributed by atoms with Gasteiger partial charge < -0.3 is 15.7 Å². The van der Waals surface area contributed by atoms with Crippen LogP contribution in [0, 0.1) is 11.8 Å². The summed E-state index contributed by atoms with van der Waals surface area (Å²) in [5, 5.41) is 11.3. The van der Waals surface area contributed by atoms with E-state index in [4.69, 9.17) is 10.7 Å². The van der Waals surface area contributed by atoms with Gasteiger partial charge in [-0.15, -0.1) is 0 Å². The van der Waals surface area contributed by atoms with Gasteiger partial charge in [-0.05, 0) is 36.8 Å². The maximum absolute atomic E-state index is 14.2. The van der Waals surface area contributed by atoms with Crippen LogP contribution in [0.25, 0.3) is 0 Å². The van der Waals surface area contributed by atoms with Crippen LogP contribution in [0.3, 0.4) is 0 Å². The molecule has 1 aliphatic carbocycles. The number of benzodiazepines with no additional fused rings is 1. The van der Waals surface area contributed by atoms with Gasteiger partial charge in [0.2, 0.25) is 0 Å². The molecule has 5 heteroatoms. The van der Waals surface area contributed by atoms with E-state index in [1.54, 1.807) is 0 Å². The highest BCUT2D eigenvalue weighted by Crippen LogP contribution is 2.38. The van der Waals surface area contributed by atoms with Crippen molar-refractivity contribution in [1.29, 1.82) is 0 Å². The topological polar surface area (TPSA) is 78.9 Å². The second-order valence-electron chi connectivity index (χ2n) is 10.2. The van der Waals surface area contributed by atoms with Gasteiger partial charge in [0.05, 0.1) is 11.8 Å². The zero-order chi connectivity index (χ0) is 25.1. The number of para-hydroxylation sites is 1. The fraction of sp³-hybridized carbons (Fsp3) is 0.355. The zero-order valence-electron chi connectivity index (χ0n) is 20.8. The Kier molecular flexibility index (Phi) is 7.30. The van der Waals surface area contributed by atoms with Crippen molar-refractivity contribution in [2.24, 2.45) is 22.6 Å². The normalized spacial score (nSPS) is 21.2. The van der Waals surface area contributed by atoms with Gasteiger partial charge in [0, 0.05) is 29.8 Å². The van der Waals surface area contributed by atoms with E-state index in [2.05, 4.69) is 12.1 Å². The highest BCUT2D eigenvalue weighted by atomic mass is 16.3. The van der Waals surface area contributed by atoms with E-state index in [1.807, 2.05) is 84.7 Å². The third kappa shape index (κ3) is 5.28. The average Bonchev–Trinajstić information content (AvgIpc) is 3.76. The molecule has 1 aliphatic heterocycles. The van der Waals surface area contributed by atoms with Crippen LogP contribution in [0.1, 0.15) is 42.4 Å². The molecule has 0 saturated heterocycles. The number of aliphatic hydroxyl groups is 1. The smallest absolute Gasteiger partial charge is 0.166 e. The molecule has 36 heavy (non-hydrogen) atoms. The lowest BCUT2D eigenvalue weighted by atomic mass is 9.84. The standard InChI is InChI=1S/C31H35N3O2/c1-34-26-15-9-8-14-24(26)28(23-12-6-3-7-13-23)33-29(31(34)32)30(36)25(20-22-16-17-22)27(35)19-18-21-10-4-2-5-11-21/h2-15,22,25,27,29,31,35H,16-20,32H2,1H3. The Balaban J connectivity index is 1.48. The Morgan fingerprint density at radius 1 is 1.00 bits per heavy atom. The monoisotopic (exact) mass is 481 g/mol. The molecule has 5 rings (SSSR count). The Morgan fingerprint density at radius 3 is 2.33 bits per heavy atom. The molecule has 0 radical (unpaired) electrons. The molecule has 4 atom stereocenters. The van der Waals surface area contributed by atoms with Crippen LogP contribution in [-0.2, 0) is 11.2 Å². The van der Waals surface area contributed by atoms with Gasteiger partial charge in [0.25, 0.3) is 0 Å². The summed E-state index contributed by atoms with van der Waals surface area (Å²) in [5.74, 6) is -0.0319. The van der Waals surface area contributed by atoms with E-state index in [1.165, 1.54) is 5.56 Å². The molecule has 3 aromatic carbocycles. The number of anilines is 1. The van der Waals surface area contributed by atoms with Gasteiger partial charge in [-0.1, -0.05) is 91.7 Å². The Bertz CT molecular complexity index is 1210. The lowest BCUT2D eigenvalue weighted by Crippen LogP contribution is -2.53. The molecule has 1 fully saturated rings. The Hall–Kier alpha value is -3.28. The highest BCUT2D eigenvalue weighted by molar-refractivity contribution is 6.17. The molecule has 3 aromatic rings. The van der Waals surface area contributed by atoms with Crippen LogP contribution in [0.2, 0.25) is 0 Å². The third-order valence-corrected chi connectivity index (χ3v) is 7.60. The molecule has 0 spiro atoms. The van der Waals surface area contributed by atoms with Crippen molar-refractivity contribution in [3.05, 3.63) is 102 Å². The van der Waals surface area contributed by atoms with Crippen LogP contribution < -0.4 is 10.6 Å². The molecule has 0 bridgehead atoms. The van der Waals surface area contributed by atoms with E-state index in [-0.39, 0.29) is 5.78 Å². The van der Waals surface area contributed by atoms with Crippen LogP contribution in [-0.4, -0.2) is 42.0 Å². The van der Waals surface area contributed by atoms with Crippen molar-refractivity contribution in [1.82, 2.24) is 0 Å². The van der Waals surface area contributed by atoms with Crippen molar-refractivity contribution >= 4 is 17.2 Å². The fourth-order valence-corrected chi connectivity index (χ4v) is 5.25. The SMILES string of the molecule is CN1c2ccccc2C(c2ccccc2)=NC(C(=O)C(CC2CC2)C(O)CCc2ccccc2)C1N. The first kappa shape index (κ1) is 24.4. The Morgan fingerprint density at radius 2 is 1.64 bits per heavy atom. The van der Waals surface area contributed by atoms with Crippen molar-refractivity contribution in [2.75, 3.05) is 11.9 Å². The van der Waals surface area contributed by atoms with Crippen LogP contribution in [0.4, 0.5) is 5.69 Å². The summed E-state index contributed by atoms with van der Waals surface area (Å²) < 4.78 is 0. The zero-order valence-corrected chi connectivity index (χ0v) is 20.8. The van der Waals surface area contributed by atoms with Crippen LogP contribution >= 0.6 is 0 Å². The van der Waals surface area contributed by atoms with Crippen molar-refractivity contribution in [3.8, 4) is 0 Å². The Labute approximate surface area is 213 Å². The summed E-state index contributed by atoms with van der Waals surface area (Å²) in [6.45, 7) is 0. The average molecular weight is 482 g/mol. The van der Waals surface area contributed by atoms with Crippen molar-refractivity contribution < 1.29 is 9.90 Å². The van der Waals surface area contributed by atoms with Gasteiger partial charge in [-0.2, -0.15) is 0 Å². The molecule has 1 heterocycles. The summed E-state index contributed by atoms with van der Waals surface area (Å²) >= 11 is 0. The minimum atomic E-state index is -0.771. The number of aliphatic imine (C=N–C) groups is 1. The van der Waals surface area contributed by atoms with E-state index in [0.717, 1.165) is 41.8 Å². The number of aliphatic hydroxyl groups excluding tert-OH is 1. The fourth-order valence-electron chi connectivity index (χ4n) is 5.25. The number of hydrogen-bond acceptors (Lipinski definition) is 5. The molecule has 186 valence electrons. The summed E-state index contributed by atoms with van der Waals surface area (Å²) in [6, 6.07) is 27.4. The lowest BCUT2D eigenvalue weighted by Gasteiger charge is -2.32. The number of benzene rings is 3. The van der Waals surface area contributed by atoms with Gasteiger partial charge in [0.15, 0.2) is 5.78 Å². The third-order valence-electron chi connectivity index (χ3n) is 7.60. The summed E-state index contributed by atoms with van der Waals surface area (Å²) in [6.07, 6.45) is 2.87. The molecule has 0 aromatic heterocycles. The number of ketones is 1. The number of carbonyl (C=O) groups is 1. The minimum Gasteiger partial charge on any atom is -0.392 e. The second-order valence-corrected chi connectivity index (χ2v) is 10.2. The number of hydrogen-bond donors (Lipinski definition) is 2. The first-order chi connectivity index (χ1) is 17.5. The van der Waals surface area contributed by atoms with Crippen LogP contribution in [0.5, 0.6) is 0 Å². The van der Waals surface area contributed by atoms with Crippen molar-refractivity contribution in [3.63, 3.8) is 0 Å². The predicted molar refractivity (Wildman–Crippen MR) is 145 cm³/mol. The van der Waals surface area contributed by atoms with E-state index < -0.39 is 24.2 Å². The molecular weight excluding hydrogens is 446 g/mol. The number of rotatable bonds is 9. The van der Waals surface area contributed by atoms with Crippen molar-refractivity contribution in [2.45, 2.75) is 50.4 Å². The van der Waals surface area contributed by atoms with Gasteiger partial charge in [-0.25, -0.2) is 0 Å². The largest absolute Gasteiger partial charge is 0.392 e. The molecule has 5 nitrogen and oxygen atoms in total. The van der Waals surface area contributed by atoms with Gasteiger partial charge >= 0.3 is 0 Å². The summed E-state index contributed by atoms with van der Waals surface area (Å²) in [7, 11) is 1.93. The van der Waals surface area contributed by atoms with E-state index >= 15 is 0 Å². The molecule has 0 amide bonds. The molecule has 4 unspecified atom stereocenters. The maximum Gasteiger partial charge on any atom is 0.166 e. The molecule has 3 N–H and O–H groups in total. The summed E-state index contributed by atoms with van der Waals surface area (Å²) in [4.78, 5) is 21.2. The number of Topliss-reactive ketones (excluding diaryl/α,β-unsaturated/α-hetero) is 1. The van der Waals surface area contributed by atoms with Gasteiger partial charge in [-0.3, -0.25) is 9.79 Å². The first-order valence-corrected chi connectivity index (χ1v) is 13.0.